The van der Waals surface area contributed by atoms with Gasteiger partial charge in [-0.05, 0) is 37.6 Å². The van der Waals surface area contributed by atoms with Crippen LogP contribution in [0.25, 0.3) is 0 Å². The van der Waals surface area contributed by atoms with E-state index < -0.39 is 0 Å². The molecule has 0 spiro atoms. The first kappa shape index (κ1) is 13.3. The van der Waals surface area contributed by atoms with Crippen molar-refractivity contribution in [3.63, 3.8) is 0 Å². The first-order chi connectivity index (χ1) is 8.60. The average molecular weight is 309 g/mol. The van der Waals surface area contributed by atoms with Crippen LogP contribution in [-0.2, 0) is 11.3 Å². The summed E-state index contributed by atoms with van der Waals surface area (Å²) in [4.78, 5) is 0. The van der Waals surface area contributed by atoms with Gasteiger partial charge in [0.25, 0.3) is 0 Å². The number of hydrogen-bond acceptors (Lipinski definition) is 2. The number of methoxy groups -OCH3 is 1. The van der Waals surface area contributed by atoms with Crippen LogP contribution in [0, 0.1) is 6.92 Å². The number of ether oxygens (including phenoxy) is 1. The van der Waals surface area contributed by atoms with Gasteiger partial charge in [0.15, 0.2) is 0 Å². The number of aromatic nitrogens is 2. The van der Waals surface area contributed by atoms with Crippen molar-refractivity contribution in [3.8, 4) is 0 Å². The maximum absolute atomic E-state index is 5.38. The molecule has 1 aromatic carbocycles. The number of benzene rings is 1. The van der Waals surface area contributed by atoms with E-state index in [2.05, 4.69) is 39.2 Å². The van der Waals surface area contributed by atoms with E-state index in [1.54, 1.807) is 7.11 Å². The maximum Gasteiger partial charge on any atom is 0.0959 e. The second kappa shape index (κ2) is 5.67. The van der Waals surface area contributed by atoms with E-state index >= 15 is 0 Å². The highest BCUT2D eigenvalue weighted by Crippen LogP contribution is 2.19. The summed E-state index contributed by atoms with van der Waals surface area (Å²) in [7, 11) is 1.72. The summed E-state index contributed by atoms with van der Waals surface area (Å²) in [6.45, 7) is 4.80. The number of hydrogen-bond donors (Lipinski definition) is 0. The standard InChI is InChI=1S/C14H17BrN2O/c1-10-7-14(11(2)18-3)17(16-10)9-12-5-4-6-13(15)8-12/h4-8,11H,9H2,1-3H3. The SMILES string of the molecule is COC(C)c1cc(C)nn1Cc1cccc(Br)c1. The maximum atomic E-state index is 5.38. The van der Waals surface area contributed by atoms with E-state index in [9.17, 15) is 0 Å². The molecule has 0 aliphatic carbocycles. The highest BCUT2D eigenvalue weighted by Gasteiger charge is 2.12. The molecule has 1 unspecified atom stereocenters. The van der Waals surface area contributed by atoms with E-state index in [-0.39, 0.29) is 6.10 Å². The molecule has 96 valence electrons. The molecule has 4 heteroatoms. The summed E-state index contributed by atoms with van der Waals surface area (Å²) in [6.07, 6.45) is 0.0540. The van der Waals surface area contributed by atoms with Crippen LogP contribution in [0.15, 0.2) is 34.8 Å². The Morgan fingerprint density at radius 3 is 2.83 bits per heavy atom. The molecule has 0 amide bonds. The zero-order valence-corrected chi connectivity index (χ0v) is 12.4. The van der Waals surface area contributed by atoms with Gasteiger partial charge in [-0.25, -0.2) is 0 Å². The van der Waals surface area contributed by atoms with E-state index in [0.29, 0.717) is 0 Å². The third-order valence-corrected chi connectivity index (χ3v) is 3.42. The molecule has 18 heavy (non-hydrogen) atoms. The quantitative estimate of drug-likeness (QED) is 0.861. The summed E-state index contributed by atoms with van der Waals surface area (Å²) in [6, 6.07) is 10.3. The van der Waals surface area contributed by atoms with Crippen LogP contribution in [0.3, 0.4) is 0 Å². The van der Waals surface area contributed by atoms with E-state index in [0.717, 1.165) is 22.4 Å². The van der Waals surface area contributed by atoms with Gasteiger partial charge in [-0.15, -0.1) is 0 Å². The zero-order valence-electron chi connectivity index (χ0n) is 10.9. The first-order valence-corrected chi connectivity index (χ1v) is 6.71. The third-order valence-electron chi connectivity index (χ3n) is 2.92. The van der Waals surface area contributed by atoms with Crippen molar-refractivity contribution in [1.82, 2.24) is 9.78 Å². The predicted octanol–water partition coefficient (Wildman–Crippen LogP) is 3.71. The molecule has 0 N–H and O–H groups in total. The van der Waals surface area contributed by atoms with Gasteiger partial charge in [-0.1, -0.05) is 28.1 Å². The summed E-state index contributed by atoms with van der Waals surface area (Å²) in [5.41, 5.74) is 3.34. The smallest absolute Gasteiger partial charge is 0.0959 e. The Kier molecular flexibility index (Phi) is 4.19. The first-order valence-electron chi connectivity index (χ1n) is 5.91. The number of halogens is 1. The summed E-state index contributed by atoms with van der Waals surface area (Å²) in [5, 5.41) is 4.53. The molecule has 0 aliphatic rings. The molecule has 2 aromatic rings. The van der Waals surface area contributed by atoms with Crippen molar-refractivity contribution >= 4 is 15.9 Å². The van der Waals surface area contributed by atoms with Gasteiger partial charge in [0, 0.05) is 11.6 Å². The van der Waals surface area contributed by atoms with Crippen LogP contribution in [0.5, 0.6) is 0 Å². The molecule has 2 rings (SSSR count). The van der Waals surface area contributed by atoms with Crippen molar-refractivity contribution < 1.29 is 4.74 Å². The second-order valence-corrected chi connectivity index (χ2v) is 5.29. The Labute approximate surface area is 116 Å². The Hall–Kier alpha value is -1.13. The molecule has 0 saturated carbocycles. The number of rotatable bonds is 4. The third kappa shape index (κ3) is 3.00. The largest absolute Gasteiger partial charge is 0.375 e. The molecule has 0 fully saturated rings. The Bertz CT molecular complexity index is 536. The van der Waals surface area contributed by atoms with Gasteiger partial charge in [0.1, 0.15) is 0 Å². The summed E-state index contributed by atoms with van der Waals surface area (Å²) < 4.78 is 8.47. The van der Waals surface area contributed by atoms with Gasteiger partial charge in [0.2, 0.25) is 0 Å². The number of aryl methyl sites for hydroxylation is 1. The summed E-state index contributed by atoms with van der Waals surface area (Å²) >= 11 is 3.49. The van der Waals surface area contributed by atoms with Gasteiger partial charge in [0.05, 0.1) is 24.0 Å². The summed E-state index contributed by atoms with van der Waals surface area (Å²) in [5.74, 6) is 0. The van der Waals surface area contributed by atoms with Gasteiger partial charge >= 0.3 is 0 Å². The van der Waals surface area contributed by atoms with E-state index in [1.165, 1.54) is 5.56 Å². The fourth-order valence-corrected chi connectivity index (χ4v) is 2.40. The highest BCUT2D eigenvalue weighted by atomic mass is 79.9. The van der Waals surface area contributed by atoms with Crippen LogP contribution in [-0.4, -0.2) is 16.9 Å². The second-order valence-electron chi connectivity index (χ2n) is 4.38. The average Bonchev–Trinajstić information content (AvgIpc) is 2.69. The molecule has 0 saturated heterocycles. The lowest BCUT2D eigenvalue weighted by molar-refractivity contribution is 0.112. The number of nitrogens with zero attached hydrogens (tertiary/aromatic N) is 2. The fourth-order valence-electron chi connectivity index (χ4n) is 1.95. The van der Waals surface area contributed by atoms with Crippen molar-refractivity contribution in [2.24, 2.45) is 0 Å². The lowest BCUT2D eigenvalue weighted by atomic mass is 10.2. The Morgan fingerprint density at radius 1 is 1.39 bits per heavy atom. The van der Waals surface area contributed by atoms with Crippen LogP contribution >= 0.6 is 15.9 Å². The molecular formula is C14H17BrN2O. The molecule has 1 heterocycles. The monoisotopic (exact) mass is 308 g/mol. The van der Waals surface area contributed by atoms with Gasteiger partial charge < -0.3 is 4.74 Å². The molecule has 0 bridgehead atoms. The van der Waals surface area contributed by atoms with Crippen LogP contribution < -0.4 is 0 Å². The van der Waals surface area contributed by atoms with E-state index in [4.69, 9.17) is 4.74 Å². The van der Waals surface area contributed by atoms with E-state index in [1.807, 2.05) is 30.7 Å². The molecule has 1 aromatic heterocycles. The molecule has 3 nitrogen and oxygen atoms in total. The van der Waals surface area contributed by atoms with Crippen molar-refractivity contribution in [2.75, 3.05) is 7.11 Å². The zero-order chi connectivity index (χ0) is 13.1. The minimum Gasteiger partial charge on any atom is -0.375 e. The molecule has 0 aliphatic heterocycles. The predicted molar refractivity (Wildman–Crippen MR) is 75.6 cm³/mol. The van der Waals surface area contributed by atoms with Crippen LogP contribution in [0.1, 0.15) is 30.0 Å². The van der Waals surface area contributed by atoms with Crippen molar-refractivity contribution in [3.05, 3.63) is 51.8 Å². The Morgan fingerprint density at radius 2 is 2.17 bits per heavy atom. The highest BCUT2D eigenvalue weighted by molar-refractivity contribution is 9.10. The molecule has 1 atom stereocenters. The topological polar surface area (TPSA) is 27.1 Å². The van der Waals surface area contributed by atoms with Crippen molar-refractivity contribution in [1.29, 1.82) is 0 Å². The minimum absolute atomic E-state index is 0.0540. The van der Waals surface area contributed by atoms with Gasteiger partial charge in [-0.3, -0.25) is 4.68 Å². The van der Waals surface area contributed by atoms with Crippen LogP contribution in [0.4, 0.5) is 0 Å². The Balaban J connectivity index is 2.28. The lowest BCUT2D eigenvalue weighted by Gasteiger charge is -2.12. The molecule has 0 radical (unpaired) electrons. The normalized spacial score (nSPS) is 12.7. The van der Waals surface area contributed by atoms with Crippen LogP contribution in [0.2, 0.25) is 0 Å². The molecular weight excluding hydrogens is 292 g/mol. The minimum atomic E-state index is 0.0540. The van der Waals surface area contributed by atoms with Gasteiger partial charge in [-0.2, -0.15) is 5.10 Å². The lowest BCUT2D eigenvalue weighted by Crippen LogP contribution is -2.09. The fraction of sp³-hybridized carbons (Fsp3) is 0.357. The van der Waals surface area contributed by atoms with Crippen molar-refractivity contribution in [2.45, 2.75) is 26.5 Å².